The molecule has 75 valence electrons. The fourth-order valence-corrected chi connectivity index (χ4v) is 1.42. The SMILES string of the molecule is [CH](Oc1ccccc1)N1CCNCC1. The number of hydrogen-bond acceptors (Lipinski definition) is 3. The highest BCUT2D eigenvalue weighted by Crippen LogP contribution is 2.10. The van der Waals surface area contributed by atoms with Crippen molar-refractivity contribution < 1.29 is 4.74 Å². The zero-order valence-corrected chi connectivity index (χ0v) is 8.15. The van der Waals surface area contributed by atoms with Crippen LogP contribution in [0, 0.1) is 6.73 Å². The summed E-state index contributed by atoms with van der Waals surface area (Å²) in [6.07, 6.45) is 0. The maximum Gasteiger partial charge on any atom is 0.203 e. The standard InChI is InChI=1S/C11H15N2O/c1-2-4-11(5-3-1)14-10-13-8-6-12-7-9-13/h1-5,10,12H,6-9H2. The quantitative estimate of drug-likeness (QED) is 0.774. The summed E-state index contributed by atoms with van der Waals surface area (Å²) in [5.74, 6) is 0.894. The van der Waals surface area contributed by atoms with Crippen molar-refractivity contribution >= 4 is 0 Å². The largest absolute Gasteiger partial charge is 0.470 e. The summed E-state index contributed by atoms with van der Waals surface area (Å²) in [6.45, 7) is 5.93. The van der Waals surface area contributed by atoms with Crippen molar-refractivity contribution in [3.63, 3.8) is 0 Å². The highest BCUT2D eigenvalue weighted by molar-refractivity contribution is 5.21. The maximum absolute atomic E-state index is 5.52. The third kappa shape index (κ3) is 2.72. The Balaban J connectivity index is 1.76. The molecular weight excluding hydrogens is 176 g/mol. The predicted molar refractivity (Wildman–Crippen MR) is 55.8 cm³/mol. The average molecular weight is 191 g/mol. The van der Waals surface area contributed by atoms with Gasteiger partial charge in [0.05, 0.1) is 0 Å². The Bertz CT molecular complexity index is 257. The van der Waals surface area contributed by atoms with Crippen LogP contribution in [0.3, 0.4) is 0 Å². The van der Waals surface area contributed by atoms with Crippen LogP contribution in [0.2, 0.25) is 0 Å². The molecule has 0 atom stereocenters. The Morgan fingerprint density at radius 3 is 2.57 bits per heavy atom. The normalized spacial score (nSPS) is 18.0. The van der Waals surface area contributed by atoms with Crippen molar-refractivity contribution in [3.05, 3.63) is 37.1 Å². The second kappa shape index (κ2) is 4.98. The Hall–Kier alpha value is -1.06. The number of piperazine rings is 1. The molecule has 1 aliphatic rings. The zero-order chi connectivity index (χ0) is 9.64. The van der Waals surface area contributed by atoms with Crippen molar-refractivity contribution in [2.24, 2.45) is 0 Å². The van der Waals surface area contributed by atoms with Crippen LogP contribution in [0.4, 0.5) is 0 Å². The Kier molecular flexibility index (Phi) is 3.38. The molecule has 0 bridgehead atoms. The van der Waals surface area contributed by atoms with Gasteiger partial charge in [-0.2, -0.15) is 0 Å². The lowest BCUT2D eigenvalue weighted by Gasteiger charge is -2.25. The minimum absolute atomic E-state index is 0.894. The minimum Gasteiger partial charge on any atom is -0.470 e. The van der Waals surface area contributed by atoms with Gasteiger partial charge in [0, 0.05) is 26.2 Å². The van der Waals surface area contributed by atoms with Crippen LogP contribution >= 0.6 is 0 Å². The molecule has 1 heterocycles. The molecule has 1 aromatic rings. The molecule has 1 N–H and O–H groups in total. The summed E-state index contributed by atoms with van der Waals surface area (Å²) >= 11 is 0. The fourth-order valence-electron chi connectivity index (χ4n) is 1.42. The summed E-state index contributed by atoms with van der Waals surface area (Å²) in [6, 6.07) is 9.84. The van der Waals surface area contributed by atoms with Crippen molar-refractivity contribution in [1.82, 2.24) is 10.2 Å². The molecule has 0 saturated carbocycles. The number of nitrogens with zero attached hydrogens (tertiary/aromatic N) is 1. The third-order valence-corrected chi connectivity index (χ3v) is 2.23. The van der Waals surface area contributed by atoms with E-state index in [1.54, 1.807) is 0 Å². The van der Waals surface area contributed by atoms with E-state index >= 15 is 0 Å². The minimum atomic E-state index is 0.894. The summed E-state index contributed by atoms with van der Waals surface area (Å²) < 4.78 is 5.52. The van der Waals surface area contributed by atoms with Gasteiger partial charge in [0.15, 0.2) is 0 Å². The zero-order valence-electron chi connectivity index (χ0n) is 8.15. The third-order valence-electron chi connectivity index (χ3n) is 2.23. The second-order valence-corrected chi connectivity index (χ2v) is 3.32. The number of benzene rings is 1. The van der Waals surface area contributed by atoms with Gasteiger partial charge in [0.25, 0.3) is 0 Å². The van der Waals surface area contributed by atoms with E-state index < -0.39 is 0 Å². The molecule has 3 heteroatoms. The van der Waals surface area contributed by atoms with E-state index in [1.807, 2.05) is 37.1 Å². The van der Waals surface area contributed by atoms with Gasteiger partial charge < -0.3 is 10.1 Å². The van der Waals surface area contributed by atoms with Crippen LogP contribution in [0.25, 0.3) is 0 Å². The number of ether oxygens (including phenoxy) is 1. The van der Waals surface area contributed by atoms with Crippen molar-refractivity contribution in [2.45, 2.75) is 0 Å². The first-order chi connectivity index (χ1) is 6.95. The molecule has 0 spiro atoms. The van der Waals surface area contributed by atoms with E-state index in [9.17, 15) is 0 Å². The molecule has 1 aromatic carbocycles. The number of rotatable bonds is 3. The van der Waals surface area contributed by atoms with E-state index in [0.717, 1.165) is 31.9 Å². The summed E-state index contributed by atoms with van der Waals surface area (Å²) in [7, 11) is 0. The first-order valence-electron chi connectivity index (χ1n) is 4.95. The van der Waals surface area contributed by atoms with Crippen molar-refractivity contribution in [3.8, 4) is 5.75 Å². The van der Waals surface area contributed by atoms with Gasteiger partial charge in [-0.3, -0.25) is 4.90 Å². The smallest absolute Gasteiger partial charge is 0.203 e. The van der Waals surface area contributed by atoms with Crippen LogP contribution in [0.5, 0.6) is 5.75 Å². The van der Waals surface area contributed by atoms with Crippen molar-refractivity contribution in [2.75, 3.05) is 26.2 Å². The molecule has 1 radical (unpaired) electrons. The molecule has 2 rings (SSSR count). The molecule has 0 amide bonds. The summed E-state index contributed by atoms with van der Waals surface area (Å²) in [5, 5.41) is 3.30. The van der Waals surface area contributed by atoms with Crippen LogP contribution in [-0.4, -0.2) is 31.1 Å². The molecule has 14 heavy (non-hydrogen) atoms. The Morgan fingerprint density at radius 2 is 1.86 bits per heavy atom. The van der Waals surface area contributed by atoms with Crippen LogP contribution in [0.1, 0.15) is 0 Å². The number of nitrogens with one attached hydrogen (secondary N) is 1. The first-order valence-corrected chi connectivity index (χ1v) is 4.95. The molecule has 0 unspecified atom stereocenters. The molecule has 1 fully saturated rings. The lowest BCUT2D eigenvalue weighted by atomic mass is 10.3. The van der Waals surface area contributed by atoms with Gasteiger partial charge in [-0.25, -0.2) is 0 Å². The van der Waals surface area contributed by atoms with Crippen LogP contribution in [-0.2, 0) is 0 Å². The average Bonchev–Trinajstić information content (AvgIpc) is 2.29. The number of hydrogen-bond donors (Lipinski definition) is 1. The molecule has 1 saturated heterocycles. The van der Waals surface area contributed by atoms with Gasteiger partial charge in [-0.05, 0) is 12.1 Å². The van der Waals surface area contributed by atoms with Gasteiger partial charge in [-0.1, -0.05) is 18.2 Å². The van der Waals surface area contributed by atoms with Gasteiger partial charge in [0.2, 0.25) is 6.73 Å². The molecule has 0 aliphatic carbocycles. The first kappa shape index (κ1) is 9.49. The van der Waals surface area contributed by atoms with Crippen LogP contribution < -0.4 is 10.1 Å². The monoisotopic (exact) mass is 191 g/mol. The fraction of sp³-hybridized carbons (Fsp3) is 0.364. The van der Waals surface area contributed by atoms with E-state index in [4.69, 9.17) is 4.74 Å². The Morgan fingerprint density at radius 1 is 1.14 bits per heavy atom. The van der Waals surface area contributed by atoms with Gasteiger partial charge in [0.1, 0.15) is 5.75 Å². The van der Waals surface area contributed by atoms with E-state index in [0.29, 0.717) is 0 Å². The molecule has 1 aliphatic heterocycles. The summed E-state index contributed by atoms with van der Waals surface area (Å²) in [4.78, 5) is 2.18. The summed E-state index contributed by atoms with van der Waals surface area (Å²) in [5.41, 5.74) is 0. The van der Waals surface area contributed by atoms with Crippen molar-refractivity contribution in [1.29, 1.82) is 0 Å². The lowest BCUT2D eigenvalue weighted by Crippen LogP contribution is -2.42. The molecule has 0 aromatic heterocycles. The van der Waals surface area contributed by atoms with E-state index in [2.05, 4.69) is 10.2 Å². The lowest BCUT2D eigenvalue weighted by molar-refractivity contribution is 0.183. The second-order valence-electron chi connectivity index (χ2n) is 3.32. The topological polar surface area (TPSA) is 24.5 Å². The predicted octanol–water partition coefficient (Wildman–Crippen LogP) is 1.09. The maximum atomic E-state index is 5.52. The van der Waals surface area contributed by atoms with Gasteiger partial charge in [-0.15, -0.1) is 0 Å². The highest BCUT2D eigenvalue weighted by Gasteiger charge is 2.09. The van der Waals surface area contributed by atoms with Gasteiger partial charge >= 0.3 is 0 Å². The van der Waals surface area contributed by atoms with E-state index in [1.165, 1.54) is 0 Å². The van der Waals surface area contributed by atoms with E-state index in [-0.39, 0.29) is 0 Å². The number of para-hydroxylation sites is 1. The Labute approximate surface area is 84.7 Å². The molecular formula is C11H15N2O. The highest BCUT2D eigenvalue weighted by atomic mass is 16.5. The van der Waals surface area contributed by atoms with Crippen LogP contribution in [0.15, 0.2) is 30.3 Å². The molecule has 3 nitrogen and oxygen atoms in total.